The van der Waals surface area contributed by atoms with Gasteiger partial charge in [-0.25, -0.2) is 9.18 Å². The minimum absolute atomic E-state index is 0.00395. The number of carbonyl (C=O) groups is 1. The highest BCUT2D eigenvalue weighted by Crippen LogP contribution is 2.44. The normalized spacial score (nSPS) is 20.5. The summed E-state index contributed by atoms with van der Waals surface area (Å²) in [7, 11) is 0. The summed E-state index contributed by atoms with van der Waals surface area (Å²) in [6.07, 6.45) is 2.10. The van der Waals surface area contributed by atoms with Crippen LogP contribution in [0.2, 0.25) is 0 Å². The lowest BCUT2D eigenvalue weighted by atomic mass is 9.88. The Labute approximate surface area is 203 Å². The van der Waals surface area contributed by atoms with Gasteiger partial charge in [0.05, 0.1) is 36.9 Å². The van der Waals surface area contributed by atoms with Crippen molar-refractivity contribution < 1.29 is 18.7 Å². The van der Waals surface area contributed by atoms with Crippen molar-refractivity contribution in [3.63, 3.8) is 0 Å². The van der Waals surface area contributed by atoms with Crippen LogP contribution in [0.3, 0.4) is 0 Å². The molecule has 2 aliphatic heterocycles. The Balaban J connectivity index is 1.23. The monoisotopic (exact) mass is 466 g/mol. The van der Waals surface area contributed by atoms with Gasteiger partial charge in [0.2, 0.25) is 0 Å². The first-order valence-electron chi connectivity index (χ1n) is 11.8. The van der Waals surface area contributed by atoms with E-state index in [9.17, 15) is 14.4 Å². The SMILES string of the molecule is N#Cc1cc(F)ccc1C1=CC2COCC(C1)N2C(=O)OCC1c2ccccc2-c2ccccc21. The number of ether oxygens (including phenoxy) is 2. The number of morpholine rings is 1. The Kier molecular flexibility index (Phi) is 5.35. The van der Waals surface area contributed by atoms with E-state index in [1.54, 1.807) is 11.0 Å². The van der Waals surface area contributed by atoms with Crippen LogP contribution in [0, 0.1) is 17.1 Å². The summed E-state index contributed by atoms with van der Waals surface area (Å²) in [6.45, 7) is 1.01. The number of hydrogen-bond acceptors (Lipinski definition) is 4. The van der Waals surface area contributed by atoms with Crippen LogP contribution in [-0.2, 0) is 9.47 Å². The number of hydrogen-bond donors (Lipinski definition) is 0. The molecule has 0 spiro atoms. The van der Waals surface area contributed by atoms with E-state index in [1.165, 1.54) is 34.4 Å². The number of carbonyl (C=O) groups excluding carboxylic acids is 1. The molecule has 0 N–H and O–H groups in total. The molecule has 0 radical (unpaired) electrons. The second-order valence-corrected chi connectivity index (χ2v) is 9.17. The van der Waals surface area contributed by atoms with E-state index >= 15 is 0 Å². The van der Waals surface area contributed by atoms with Crippen molar-refractivity contribution in [1.82, 2.24) is 4.90 Å². The van der Waals surface area contributed by atoms with Crippen molar-refractivity contribution >= 4 is 11.7 Å². The maximum Gasteiger partial charge on any atom is 0.410 e. The molecular formula is C29H23FN2O3. The average Bonchev–Trinajstić information content (AvgIpc) is 3.20. The van der Waals surface area contributed by atoms with E-state index in [4.69, 9.17) is 9.47 Å². The first-order chi connectivity index (χ1) is 17.1. The second kappa shape index (κ2) is 8.68. The molecule has 1 fully saturated rings. The lowest BCUT2D eigenvalue weighted by Crippen LogP contribution is -2.56. The van der Waals surface area contributed by atoms with Crippen LogP contribution in [0.4, 0.5) is 9.18 Å². The largest absolute Gasteiger partial charge is 0.448 e. The molecule has 2 unspecified atom stereocenters. The van der Waals surface area contributed by atoms with Gasteiger partial charge in [0, 0.05) is 5.92 Å². The topological polar surface area (TPSA) is 62.6 Å². The summed E-state index contributed by atoms with van der Waals surface area (Å²) < 4.78 is 25.3. The molecule has 1 amide bonds. The molecule has 2 atom stereocenters. The first kappa shape index (κ1) is 21.6. The van der Waals surface area contributed by atoms with E-state index < -0.39 is 5.82 Å². The minimum atomic E-state index is -0.439. The molecular weight excluding hydrogens is 443 g/mol. The number of nitriles is 1. The van der Waals surface area contributed by atoms with E-state index in [1.807, 2.05) is 30.3 Å². The average molecular weight is 467 g/mol. The molecule has 2 heterocycles. The fourth-order valence-corrected chi connectivity index (χ4v) is 5.64. The predicted molar refractivity (Wildman–Crippen MR) is 129 cm³/mol. The summed E-state index contributed by atoms with van der Waals surface area (Å²) in [4.78, 5) is 15.1. The van der Waals surface area contributed by atoms with Gasteiger partial charge < -0.3 is 9.47 Å². The third-order valence-corrected chi connectivity index (χ3v) is 7.19. The van der Waals surface area contributed by atoms with Crippen LogP contribution in [0.1, 0.15) is 34.6 Å². The van der Waals surface area contributed by atoms with Crippen LogP contribution in [0.5, 0.6) is 0 Å². The standard InChI is InChI=1S/C29H23FN2O3/c30-20-9-10-23(19(11-20)14-31)18-12-21-15-34-16-22(13-18)32(21)29(33)35-17-28-26-7-3-1-5-24(26)25-6-2-4-8-27(25)28/h1-12,21-22,28H,13,15-17H2. The number of benzene rings is 3. The summed E-state index contributed by atoms with van der Waals surface area (Å²) >= 11 is 0. The summed E-state index contributed by atoms with van der Waals surface area (Å²) in [5.41, 5.74) is 6.66. The maximum absolute atomic E-state index is 13.6. The van der Waals surface area contributed by atoms with Crippen LogP contribution in [-0.4, -0.2) is 42.9 Å². The maximum atomic E-state index is 13.6. The van der Waals surface area contributed by atoms with E-state index in [0.717, 1.165) is 5.57 Å². The summed E-state index contributed by atoms with van der Waals surface area (Å²) in [5.74, 6) is -0.443. The number of rotatable bonds is 3. The first-order valence-corrected chi connectivity index (χ1v) is 11.8. The van der Waals surface area contributed by atoms with Gasteiger partial charge >= 0.3 is 6.09 Å². The Morgan fingerprint density at radius 3 is 2.43 bits per heavy atom. The Bertz CT molecular complexity index is 1350. The van der Waals surface area contributed by atoms with Gasteiger partial charge in [-0.3, -0.25) is 4.90 Å². The molecule has 3 aromatic carbocycles. The second-order valence-electron chi connectivity index (χ2n) is 9.17. The van der Waals surface area contributed by atoms with E-state index in [2.05, 4.69) is 30.3 Å². The number of amides is 1. The van der Waals surface area contributed by atoms with Crippen molar-refractivity contribution in [2.45, 2.75) is 24.4 Å². The lowest BCUT2D eigenvalue weighted by Gasteiger charge is -2.44. The van der Waals surface area contributed by atoms with Gasteiger partial charge in [-0.05, 0) is 51.9 Å². The highest BCUT2D eigenvalue weighted by atomic mass is 19.1. The van der Waals surface area contributed by atoms with Crippen LogP contribution >= 0.6 is 0 Å². The Hall–Kier alpha value is -3.95. The van der Waals surface area contributed by atoms with Crippen LogP contribution in [0.25, 0.3) is 16.7 Å². The number of nitrogens with zero attached hydrogens (tertiary/aromatic N) is 2. The fourth-order valence-electron chi connectivity index (χ4n) is 5.64. The molecule has 35 heavy (non-hydrogen) atoms. The van der Waals surface area contributed by atoms with Gasteiger partial charge in [-0.2, -0.15) is 5.26 Å². The predicted octanol–water partition coefficient (Wildman–Crippen LogP) is 5.50. The van der Waals surface area contributed by atoms with Gasteiger partial charge in [-0.1, -0.05) is 60.7 Å². The molecule has 1 aliphatic carbocycles. The van der Waals surface area contributed by atoms with Crippen LogP contribution in [0.15, 0.2) is 72.8 Å². The quantitative estimate of drug-likeness (QED) is 0.511. The van der Waals surface area contributed by atoms with E-state index in [-0.39, 0.29) is 30.7 Å². The van der Waals surface area contributed by atoms with Gasteiger partial charge in [0.1, 0.15) is 12.4 Å². The molecule has 6 rings (SSSR count). The molecule has 0 saturated carbocycles. The van der Waals surface area contributed by atoms with Crippen molar-refractivity contribution in [3.8, 4) is 17.2 Å². The fraction of sp³-hybridized carbons (Fsp3) is 0.241. The van der Waals surface area contributed by atoms with Crippen molar-refractivity contribution in [1.29, 1.82) is 5.26 Å². The molecule has 0 aromatic heterocycles. The van der Waals surface area contributed by atoms with Crippen molar-refractivity contribution in [2.75, 3.05) is 19.8 Å². The highest BCUT2D eigenvalue weighted by Gasteiger charge is 2.40. The smallest absolute Gasteiger partial charge is 0.410 e. The van der Waals surface area contributed by atoms with Crippen LogP contribution < -0.4 is 0 Å². The Morgan fingerprint density at radius 1 is 1.03 bits per heavy atom. The molecule has 6 heteroatoms. The third kappa shape index (κ3) is 3.69. The zero-order chi connectivity index (χ0) is 23.9. The zero-order valence-electron chi connectivity index (χ0n) is 19.0. The highest BCUT2D eigenvalue weighted by molar-refractivity contribution is 5.80. The molecule has 3 aliphatic rings. The minimum Gasteiger partial charge on any atom is -0.448 e. The van der Waals surface area contributed by atoms with Gasteiger partial charge in [0.15, 0.2) is 0 Å². The molecule has 3 aromatic rings. The van der Waals surface area contributed by atoms with E-state index in [0.29, 0.717) is 30.8 Å². The van der Waals surface area contributed by atoms with Crippen molar-refractivity contribution in [2.24, 2.45) is 0 Å². The van der Waals surface area contributed by atoms with Gasteiger partial charge in [-0.15, -0.1) is 0 Å². The Morgan fingerprint density at radius 2 is 1.74 bits per heavy atom. The third-order valence-electron chi connectivity index (χ3n) is 7.19. The molecule has 5 nitrogen and oxygen atoms in total. The number of halogens is 1. The molecule has 1 saturated heterocycles. The number of fused-ring (bicyclic) bond motifs is 5. The lowest BCUT2D eigenvalue weighted by molar-refractivity contribution is -0.0331. The van der Waals surface area contributed by atoms with Gasteiger partial charge in [0.25, 0.3) is 0 Å². The molecule has 174 valence electrons. The zero-order valence-corrected chi connectivity index (χ0v) is 19.0. The molecule has 2 bridgehead atoms. The summed E-state index contributed by atoms with van der Waals surface area (Å²) in [5, 5.41) is 9.48. The summed E-state index contributed by atoms with van der Waals surface area (Å²) in [6, 6.07) is 22.3. The van der Waals surface area contributed by atoms with Crippen molar-refractivity contribution in [3.05, 3.63) is 101 Å².